The van der Waals surface area contributed by atoms with Crippen LogP contribution in [0.4, 0.5) is 4.79 Å². The molecule has 1 heterocycles. The van der Waals surface area contributed by atoms with Crippen molar-refractivity contribution in [2.24, 2.45) is 0 Å². The van der Waals surface area contributed by atoms with Crippen LogP contribution in [0.5, 0.6) is 5.75 Å². The van der Waals surface area contributed by atoms with E-state index >= 15 is 0 Å². The third-order valence-corrected chi connectivity index (χ3v) is 8.73. The van der Waals surface area contributed by atoms with E-state index in [1.807, 2.05) is 30.3 Å². The van der Waals surface area contributed by atoms with Gasteiger partial charge in [0.25, 0.3) is 0 Å². The Hall–Kier alpha value is -2.70. The van der Waals surface area contributed by atoms with Crippen LogP contribution in [0.2, 0.25) is 0 Å². The van der Waals surface area contributed by atoms with E-state index in [9.17, 15) is 18.3 Å². The fraction of sp³-hybridized carbons (Fsp3) is 0.519. The highest BCUT2D eigenvalue weighted by Crippen LogP contribution is 2.33. The molecule has 1 aliphatic heterocycles. The molecule has 0 aromatic heterocycles. The number of ether oxygens (including phenoxy) is 3. The lowest BCUT2D eigenvalue weighted by atomic mass is 10.0. The van der Waals surface area contributed by atoms with Crippen molar-refractivity contribution in [3.8, 4) is 5.75 Å². The highest BCUT2D eigenvalue weighted by Gasteiger charge is 2.40. The minimum atomic E-state index is -3.86. The first-order valence-corrected chi connectivity index (χ1v) is 14.4. The van der Waals surface area contributed by atoms with E-state index in [0.29, 0.717) is 31.9 Å². The van der Waals surface area contributed by atoms with Gasteiger partial charge in [-0.15, -0.1) is 0 Å². The SMILES string of the molecule is COc1ccc(S(=O)(=O)N(C[C@@H](O)[C@H](Cc2ccccc2)NC(=O)OCCN2CCOCC2)C2CC2)cc1. The van der Waals surface area contributed by atoms with Crippen molar-refractivity contribution >= 4 is 16.1 Å². The van der Waals surface area contributed by atoms with Crippen molar-refractivity contribution in [2.45, 2.75) is 42.3 Å². The summed E-state index contributed by atoms with van der Waals surface area (Å²) in [5.41, 5.74) is 0.904. The van der Waals surface area contributed by atoms with Gasteiger partial charge in [-0.2, -0.15) is 4.31 Å². The maximum Gasteiger partial charge on any atom is 0.407 e. The van der Waals surface area contributed by atoms with Crippen molar-refractivity contribution in [2.75, 3.05) is 53.1 Å². The van der Waals surface area contributed by atoms with E-state index in [0.717, 1.165) is 31.5 Å². The molecule has 208 valence electrons. The molecule has 2 N–H and O–H groups in total. The Labute approximate surface area is 224 Å². The Morgan fingerprint density at radius 2 is 1.82 bits per heavy atom. The smallest absolute Gasteiger partial charge is 0.407 e. The number of nitrogens with one attached hydrogen (secondary N) is 1. The van der Waals surface area contributed by atoms with Gasteiger partial charge in [-0.3, -0.25) is 4.90 Å². The molecule has 1 saturated heterocycles. The van der Waals surface area contributed by atoms with Gasteiger partial charge in [0.05, 0.1) is 37.4 Å². The average molecular weight is 548 g/mol. The minimum Gasteiger partial charge on any atom is -0.497 e. The fourth-order valence-corrected chi connectivity index (χ4v) is 6.14. The van der Waals surface area contributed by atoms with Gasteiger partial charge in [0.2, 0.25) is 10.0 Å². The zero-order chi connectivity index (χ0) is 27.0. The normalized spacial score (nSPS) is 18.1. The molecule has 0 radical (unpaired) electrons. The summed E-state index contributed by atoms with van der Waals surface area (Å²) in [5, 5.41) is 14.1. The first-order chi connectivity index (χ1) is 18.4. The highest BCUT2D eigenvalue weighted by molar-refractivity contribution is 7.89. The Morgan fingerprint density at radius 3 is 2.45 bits per heavy atom. The molecule has 1 saturated carbocycles. The van der Waals surface area contributed by atoms with Gasteiger partial charge in [-0.25, -0.2) is 13.2 Å². The number of carbonyl (C=O) groups excluding carboxylic acids is 1. The Morgan fingerprint density at radius 1 is 1.13 bits per heavy atom. The molecule has 0 bridgehead atoms. The number of amides is 1. The lowest BCUT2D eigenvalue weighted by Gasteiger charge is -2.30. The molecule has 2 aliphatic rings. The molecule has 2 atom stereocenters. The number of hydrogen-bond donors (Lipinski definition) is 2. The second-order valence-electron chi connectivity index (χ2n) is 9.58. The van der Waals surface area contributed by atoms with E-state index < -0.39 is 28.3 Å². The highest BCUT2D eigenvalue weighted by atomic mass is 32.2. The van der Waals surface area contributed by atoms with E-state index in [1.165, 1.54) is 23.5 Å². The quantitative estimate of drug-likeness (QED) is 0.390. The monoisotopic (exact) mass is 547 g/mol. The van der Waals surface area contributed by atoms with Crippen LogP contribution in [0.3, 0.4) is 0 Å². The van der Waals surface area contributed by atoms with Crippen LogP contribution in [-0.4, -0.2) is 100 Å². The number of benzene rings is 2. The molecule has 2 fully saturated rings. The number of hydrogen-bond acceptors (Lipinski definition) is 8. The number of rotatable bonds is 13. The molecule has 4 rings (SSSR count). The van der Waals surface area contributed by atoms with Gasteiger partial charge in [0.15, 0.2) is 0 Å². The van der Waals surface area contributed by atoms with Crippen molar-refractivity contribution < 1.29 is 32.5 Å². The summed E-state index contributed by atoms with van der Waals surface area (Å²) in [4.78, 5) is 15.0. The number of carbonyl (C=O) groups is 1. The molecule has 2 aromatic carbocycles. The molecular formula is C27H37N3O7S. The molecule has 11 heteroatoms. The van der Waals surface area contributed by atoms with Crippen LogP contribution in [0.15, 0.2) is 59.5 Å². The topological polar surface area (TPSA) is 118 Å². The standard InChI is InChI=1S/C27H37N3O7S/c1-35-23-9-11-24(12-10-23)38(33,34)30(22-7-8-22)20-26(31)25(19-21-5-3-2-4-6-21)28-27(32)37-18-15-29-13-16-36-17-14-29/h2-6,9-12,22,25-26,31H,7-8,13-20H2,1H3,(H,28,32)/t25-,26+/m0/s1. The van der Waals surface area contributed by atoms with Crippen molar-refractivity contribution in [1.29, 1.82) is 0 Å². The molecule has 1 amide bonds. The lowest BCUT2D eigenvalue weighted by molar-refractivity contribution is 0.0270. The van der Waals surface area contributed by atoms with Crippen LogP contribution < -0.4 is 10.1 Å². The van der Waals surface area contributed by atoms with Gasteiger partial charge < -0.3 is 24.6 Å². The van der Waals surface area contributed by atoms with Gasteiger partial charge in [-0.1, -0.05) is 30.3 Å². The molecule has 0 unspecified atom stereocenters. The summed E-state index contributed by atoms with van der Waals surface area (Å²) in [6, 6.07) is 14.7. The number of alkyl carbamates (subject to hydrolysis) is 1. The summed E-state index contributed by atoms with van der Waals surface area (Å²) in [7, 11) is -2.34. The first kappa shape index (κ1) is 28.3. The van der Waals surface area contributed by atoms with Crippen molar-refractivity contribution in [3.05, 3.63) is 60.2 Å². The van der Waals surface area contributed by atoms with Gasteiger partial charge in [0, 0.05) is 32.2 Å². The molecule has 2 aromatic rings. The van der Waals surface area contributed by atoms with E-state index in [4.69, 9.17) is 14.2 Å². The number of methoxy groups -OCH3 is 1. The van der Waals surface area contributed by atoms with E-state index in [1.54, 1.807) is 12.1 Å². The van der Waals surface area contributed by atoms with Crippen LogP contribution in [0.25, 0.3) is 0 Å². The van der Waals surface area contributed by atoms with E-state index in [2.05, 4.69) is 10.2 Å². The summed E-state index contributed by atoms with van der Waals surface area (Å²) in [5.74, 6) is 0.557. The Bertz CT molecular complexity index is 1120. The summed E-state index contributed by atoms with van der Waals surface area (Å²) in [6.07, 6.45) is -0.0306. The van der Waals surface area contributed by atoms with Gasteiger partial charge in [0.1, 0.15) is 12.4 Å². The maximum atomic E-state index is 13.5. The largest absolute Gasteiger partial charge is 0.497 e. The number of aliphatic hydroxyl groups is 1. The van der Waals surface area contributed by atoms with Gasteiger partial charge >= 0.3 is 6.09 Å². The van der Waals surface area contributed by atoms with Crippen LogP contribution in [0.1, 0.15) is 18.4 Å². The zero-order valence-corrected chi connectivity index (χ0v) is 22.5. The van der Waals surface area contributed by atoms with Crippen molar-refractivity contribution in [3.63, 3.8) is 0 Å². The minimum absolute atomic E-state index is 0.132. The summed E-state index contributed by atoms with van der Waals surface area (Å²) < 4.78 is 44.2. The van der Waals surface area contributed by atoms with Crippen LogP contribution in [-0.2, 0) is 25.9 Å². The summed E-state index contributed by atoms with van der Waals surface area (Å²) in [6.45, 7) is 3.56. The fourth-order valence-electron chi connectivity index (χ4n) is 4.44. The Kier molecular flexibility index (Phi) is 9.97. The number of sulfonamides is 1. The molecule has 10 nitrogen and oxygen atoms in total. The molecule has 1 aliphatic carbocycles. The van der Waals surface area contributed by atoms with Gasteiger partial charge in [-0.05, 0) is 49.1 Å². The third kappa shape index (κ3) is 7.90. The number of aliphatic hydroxyl groups excluding tert-OH is 1. The van der Waals surface area contributed by atoms with Crippen LogP contribution >= 0.6 is 0 Å². The van der Waals surface area contributed by atoms with Crippen molar-refractivity contribution in [1.82, 2.24) is 14.5 Å². The maximum absolute atomic E-state index is 13.5. The van der Waals surface area contributed by atoms with Crippen LogP contribution in [0, 0.1) is 0 Å². The molecular weight excluding hydrogens is 510 g/mol. The zero-order valence-electron chi connectivity index (χ0n) is 21.7. The summed E-state index contributed by atoms with van der Waals surface area (Å²) >= 11 is 0. The predicted octanol–water partition coefficient (Wildman–Crippen LogP) is 1.88. The second kappa shape index (κ2) is 13.4. The molecule has 38 heavy (non-hydrogen) atoms. The second-order valence-corrected chi connectivity index (χ2v) is 11.5. The Balaban J connectivity index is 1.43. The first-order valence-electron chi connectivity index (χ1n) is 13.0. The third-order valence-electron chi connectivity index (χ3n) is 6.80. The van der Waals surface area contributed by atoms with E-state index in [-0.39, 0.29) is 24.1 Å². The number of nitrogens with zero attached hydrogens (tertiary/aromatic N) is 2. The number of morpholine rings is 1. The average Bonchev–Trinajstić information content (AvgIpc) is 3.77. The predicted molar refractivity (Wildman–Crippen MR) is 142 cm³/mol. The lowest BCUT2D eigenvalue weighted by Crippen LogP contribution is -2.51. The molecule has 0 spiro atoms.